The summed E-state index contributed by atoms with van der Waals surface area (Å²) in [6.07, 6.45) is 8.18. The van der Waals surface area contributed by atoms with E-state index in [1.165, 1.54) is 49.7 Å². The molecular weight excluding hydrogens is 296 g/mol. The molecule has 4 rings (SSSR count). The van der Waals surface area contributed by atoms with Gasteiger partial charge in [0.2, 0.25) is 0 Å². The fourth-order valence-electron chi connectivity index (χ4n) is 5.27. The average Bonchev–Trinajstić information content (AvgIpc) is 2.58. The van der Waals surface area contributed by atoms with Crippen molar-refractivity contribution in [3.05, 3.63) is 59.7 Å². The molecular formula is C22H26O2. The maximum absolute atomic E-state index is 9.68. The van der Waals surface area contributed by atoms with Crippen molar-refractivity contribution < 1.29 is 10.2 Å². The summed E-state index contributed by atoms with van der Waals surface area (Å²) in [4.78, 5) is 0. The van der Waals surface area contributed by atoms with E-state index in [0.717, 1.165) is 11.8 Å². The Morgan fingerprint density at radius 1 is 0.625 bits per heavy atom. The van der Waals surface area contributed by atoms with Crippen molar-refractivity contribution in [1.29, 1.82) is 0 Å². The van der Waals surface area contributed by atoms with Crippen molar-refractivity contribution in [3.8, 4) is 11.5 Å². The SMILES string of the molecule is Oc1ccc(C(c2ccc(O)cc2)C2C3CCCC2CCC3)cc1. The van der Waals surface area contributed by atoms with Gasteiger partial charge in [-0.3, -0.25) is 0 Å². The van der Waals surface area contributed by atoms with Crippen LogP contribution in [0, 0.1) is 17.8 Å². The van der Waals surface area contributed by atoms with Crippen LogP contribution in [0.3, 0.4) is 0 Å². The van der Waals surface area contributed by atoms with Crippen molar-refractivity contribution in [3.63, 3.8) is 0 Å². The quantitative estimate of drug-likeness (QED) is 0.789. The van der Waals surface area contributed by atoms with Gasteiger partial charge in [-0.15, -0.1) is 0 Å². The van der Waals surface area contributed by atoms with Gasteiger partial charge in [-0.2, -0.15) is 0 Å². The zero-order chi connectivity index (χ0) is 16.5. The Bertz CT molecular complexity index is 607. The Hall–Kier alpha value is -1.96. The highest BCUT2D eigenvalue weighted by molar-refractivity contribution is 5.39. The van der Waals surface area contributed by atoms with Crippen LogP contribution in [0.25, 0.3) is 0 Å². The van der Waals surface area contributed by atoms with Crippen LogP contribution in [0.15, 0.2) is 48.5 Å². The minimum absolute atomic E-state index is 0.326. The van der Waals surface area contributed by atoms with Gasteiger partial charge < -0.3 is 10.2 Å². The van der Waals surface area contributed by atoms with Crippen LogP contribution in [-0.4, -0.2) is 10.2 Å². The molecule has 0 aromatic heterocycles. The first-order valence-electron chi connectivity index (χ1n) is 9.30. The number of benzene rings is 2. The zero-order valence-electron chi connectivity index (χ0n) is 14.1. The molecule has 24 heavy (non-hydrogen) atoms. The average molecular weight is 322 g/mol. The number of hydrogen-bond donors (Lipinski definition) is 2. The van der Waals surface area contributed by atoms with E-state index in [4.69, 9.17) is 0 Å². The first kappa shape index (κ1) is 15.6. The number of fused-ring (bicyclic) bond motifs is 2. The Morgan fingerprint density at radius 2 is 1.00 bits per heavy atom. The van der Waals surface area contributed by atoms with Gasteiger partial charge in [0.05, 0.1) is 0 Å². The van der Waals surface area contributed by atoms with Crippen LogP contribution < -0.4 is 0 Å². The number of phenols is 2. The fourth-order valence-corrected chi connectivity index (χ4v) is 5.27. The van der Waals surface area contributed by atoms with E-state index in [9.17, 15) is 10.2 Å². The minimum Gasteiger partial charge on any atom is -0.508 e. The summed E-state index contributed by atoms with van der Waals surface area (Å²) in [5, 5.41) is 19.4. The lowest BCUT2D eigenvalue weighted by Gasteiger charge is -2.47. The normalized spacial score (nSPS) is 26.5. The summed E-state index contributed by atoms with van der Waals surface area (Å²) in [6, 6.07) is 15.5. The second-order valence-corrected chi connectivity index (χ2v) is 7.62. The Balaban J connectivity index is 1.77. The molecule has 0 amide bonds. The third-order valence-electron chi connectivity index (χ3n) is 6.28. The number of hydrogen-bond acceptors (Lipinski definition) is 2. The van der Waals surface area contributed by atoms with E-state index in [-0.39, 0.29) is 0 Å². The molecule has 2 heteroatoms. The smallest absolute Gasteiger partial charge is 0.115 e. The van der Waals surface area contributed by atoms with Crippen molar-refractivity contribution in [1.82, 2.24) is 0 Å². The molecule has 2 aliphatic rings. The maximum atomic E-state index is 9.68. The molecule has 2 bridgehead atoms. The third kappa shape index (κ3) is 2.90. The van der Waals surface area contributed by atoms with Crippen LogP contribution in [0.5, 0.6) is 11.5 Å². The lowest BCUT2D eigenvalue weighted by atomic mass is 9.58. The molecule has 0 radical (unpaired) electrons. The first-order chi connectivity index (χ1) is 11.7. The largest absolute Gasteiger partial charge is 0.508 e. The molecule has 0 unspecified atom stereocenters. The van der Waals surface area contributed by atoms with E-state index in [1.54, 1.807) is 24.3 Å². The molecule has 126 valence electrons. The number of phenolic OH excluding ortho intramolecular Hbond substituents is 2. The van der Waals surface area contributed by atoms with E-state index in [2.05, 4.69) is 24.3 Å². The lowest BCUT2D eigenvalue weighted by molar-refractivity contribution is 0.0795. The van der Waals surface area contributed by atoms with Crippen molar-refractivity contribution in [2.75, 3.05) is 0 Å². The number of aromatic hydroxyl groups is 2. The highest BCUT2D eigenvalue weighted by Crippen LogP contribution is 2.52. The van der Waals surface area contributed by atoms with E-state index >= 15 is 0 Å². The molecule has 2 nitrogen and oxygen atoms in total. The molecule has 2 N–H and O–H groups in total. The summed E-state index contributed by atoms with van der Waals surface area (Å²) in [7, 11) is 0. The van der Waals surface area contributed by atoms with Gasteiger partial charge in [0.1, 0.15) is 11.5 Å². The first-order valence-corrected chi connectivity index (χ1v) is 9.30. The van der Waals surface area contributed by atoms with E-state index in [0.29, 0.717) is 23.3 Å². The standard InChI is InChI=1S/C22H26O2/c23-19-11-7-17(8-12-19)22(18-9-13-20(24)14-10-18)21-15-3-1-4-16(21)6-2-5-15/h7-16,21-24H,1-6H2. The monoisotopic (exact) mass is 322 g/mol. The van der Waals surface area contributed by atoms with Crippen LogP contribution in [0.2, 0.25) is 0 Å². The van der Waals surface area contributed by atoms with Crippen molar-refractivity contribution in [2.45, 2.75) is 44.4 Å². The van der Waals surface area contributed by atoms with Gasteiger partial charge in [-0.05, 0) is 53.1 Å². The molecule has 2 aromatic carbocycles. The second kappa shape index (κ2) is 6.51. The van der Waals surface area contributed by atoms with E-state index < -0.39 is 0 Å². The summed E-state index contributed by atoms with van der Waals surface area (Å²) < 4.78 is 0. The zero-order valence-corrected chi connectivity index (χ0v) is 14.1. The Kier molecular flexibility index (Phi) is 4.22. The van der Waals surface area contributed by atoms with Crippen molar-refractivity contribution in [2.24, 2.45) is 17.8 Å². The van der Waals surface area contributed by atoms with Gasteiger partial charge in [-0.25, -0.2) is 0 Å². The molecule has 0 spiro atoms. The molecule has 0 saturated heterocycles. The third-order valence-corrected chi connectivity index (χ3v) is 6.28. The van der Waals surface area contributed by atoms with Gasteiger partial charge in [0.25, 0.3) is 0 Å². The topological polar surface area (TPSA) is 40.5 Å². The van der Waals surface area contributed by atoms with Gasteiger partial charge in [-0.1, -0.05) is 62.8 Å². The Labute approximate surface area is 144 Å². The molecule has 2 aromatic rings. The maximum Gasteiger partial charge on any atom is 0.115 e. The molecule has 0 atom stereocenters. The van der Waals surface area contributed by atoms with Gasteiger partial charge in [0.15, 0.2) is 0 Å². The highest BCUT2D eigenvalue weighted by atomic mass is 16.3. The molecule has 2 fully saturated rings. The predicted octanol–water partition coefficient (Wildman–Crippen LogP) is 5.45. The molecule has 2 saturated carbocycles. The Morgan fingerprint density at radius 3 is 1.38 bits per heavy atom. The predicted molar refractivity (Wildman–Crippen MR) is 96.2 cm³/mol. The summed E-state index contributed by atoms with van der Waals surface area (Å²) in [5.74, 6) is 3.32. The van der Waals surface area contributed by atoms with Gasteiger partial charge >= 0.3 is 0 Å². The van der Waals surface area contributed by atoms with Crippen LogP contribution in [0.4, 0.5) is 0 Å². The van der Waals surface area contributed by atoms with Crippen LogP contribution in [-0.2, 0) is 0 Å². The van der Waals surface area contributed by atoms with E-state index in [1.807, 2.05) is 0 Å². The number of rotatable bonds is 3. The summed E-state index contributed by atoms with van der Waals surface area (Å²) in [6.45, 7) is 0. The second-order valence-electron chi connectivity index (χ2n) is 7.62. The van der Waals surface area contributed by atoms with Gasteiger partial charge in [0, 0.05) is 5.92 Å². The molecule has 2 aliphatic carbocycles. The molecule has 0 aliphatic heterocycles. The summed E-state index contributed by atoms with van der Waals surface area (Å²) >= 11 is 0. The van der Waals surface area contributed by atoms with Crippen molar-refractivity contribution >= 4 is 0 Å². The highest BCUT2D eigenvalue weighted by Gasteiger charge is 2.41. The summed E-state index contributed by atoms with van der Waals surface area (Å²) in [5.41, 5.74) is 2.59. The molecule has 0 heterocycles. The minimum atomic E-state index is 0.326. The lowest BCUT2D eigenvalue weighted by Crippen LogP contribution is -2.37. The van der Waals surface area contributed by atoms with Crippen LogP contribution in [0.1, 0.15) is 55.6 Å². The fraction of sp³-hybridized carbons (Fsp3) is 0.455. The van der Waals surface area contributed by atoms with Crippen LogP contribution >= 0.6 is 0 Å².